The Hall–Kier alpha value is -0.220. The number of alkyl halides is 2. The molecule has 1 rings (SSSR count). The van der Waals surface area contributed by atoms with Crippen LogP contribution in [0.5, 0.6) is 0 Å². The van der Waals surface area contributed by atoms with Gasteiger partial charge < -0.3 is 5.11 Å². The number of hydrogen-bond acceptors (Lipinski definition) is 2. The van der Waals surface area contributed by atoms with E-state index in [0.717, 1.165) is 0 Å². The molecule has 1 aliphatic heterocycles. The van der Waals surface area contributed by atoms with Crippen molar-refractivity contribution in [2.75, 3.05) is 20.1 Å². The van der Waals surface area contributed by atoms with Crippen molar-refractivity contribution in [1.82, 2.24) is 4.90 Å². The van der Waals surface area contributed by atoms with Crippen molar-refractivity contribution in [1.29, 1.82) is 0 Å². The molecule has 1 N–H and O–H groups in total. The predicted octanol–water partition coefficient (Wildman–Crippen LogP) is 0.318. The molecule has 0 radical (unpaired) electrons. The normalized spacial score (nSPS) is 38.7. The van der Waals surface area contributed by atoms with Crippen LogP contribution in [0.2, 0.25) is 0 Å². The maximum atomic E-state index is 12.8. The predicted molar refractivity (Wildman–Crippen MR) is 33.1 cm³/mol. The highest BCUT2D eigenvalue weighted by molar-refractivity contribution is 4.87. The molecule has 0 unspecified atom stereocenters. The number of aliphatic hydroxyl groups excluding tert-OH is 1. The van der Waals surface area contributed by atoms with Crippen LogP contribution < -0.4 is 0 Å². The van der Waals surface area contributed by atoms with Crippen LogP contribution >= 0.6 is 0 Å². The van der Waals surface area contributed by atoms with Gasteiger partial charge in [0.25, 0.3) is 5.92 Å². The molecule has 0 aromatic rings. The van der Waals surface area contributed by atoms with Crippen LogP contribution in [0, 0.1) is 0 Å². The first-order chi connectivity index (χ1) is 5.76. The summed E-state index contributed by atoms with van der Waals surface area (Å²) < 4.78 is 46.4. The summed E-state index contributed by atoms with van der Waals surface area (Å²) in [6, 6.07) is -0.956. The summed E-state index contributed by atoms with van der Waals surface area (Å²) in [5, 5.41) is 8.71. The van der Waals surface area contributed by atoms with Gasteiger partial charge in [0.05, 0.1) is 13.2 Å². The molecular formula is C6H11F2NO. The Balaban J connectivity index is 2.75. The van der Waals surface area contributed by atoms with E-state index in [1.165, 1.54) is 0 Å². The van der Waals surface area contributed by atoms with Crippen LogP contribution in [0.4, 0.5) is 8.78 Å². The summed E-state index contributed by atoms with van der Waals surface area (Å²) >= 11 is 0. The third-order valence-electron chi connectivity index (χ3n) is 1.59. The first-order valence-corrected chi connectivity index (χ1v) is 3.02. The van der Waals surface area contributed by atoms with Crippen LogP contribution in [0.1, 0.15) is 10.5 Å². The molecule has 0 aromatic heterocycles. The first kappa shape index (κ1) is 4.62. The Bertz CT molecular complexity index is 197. The number of hydrogen-bond donors (Lipinski definition) is 1. The zero-order valence-electron chi connectivity index (χ0n) is 8.35. The Labute approximate surface area is 62.7 Å². The van der Waals surface area contributed by atoms with E-state index in [0.29, 0.717) is 4.90 Å². The van der Waals surface area contributed by atoms with Crippen molar-refractivity contribution in [2.24, 2.45) is 0 Å². The number of nitrogens with zero attached hydrogens (tertiary/aromatic N) is 1. The SMILES string of the molecule is [2H]C([2H])([2H])N1CC(F)(F)C[C@H]1CO. The van der Waals surface area contributed by atoms with Gasteiger partial charge >= 0.3 is 0 Å². The van der Waals surface area contributed by atoms with E-state index in [1.54, 1.807) is 0 Å². The topological polar surface area (TPSA) is 23.5 Å². The molecule has 0 spiro atoms. The second-order valence-electron chi connectivity index (χ2n) is 2.52. The molecule has 0 aromatic carbocycles. The molecule has 1 saturated heterocycles. The van der Waals surface area contributed by atoms with E-state index in [1.807, 2.05) is 0 Å². The number of rotatable bonds is 1. The number of likely N-dealkylation sites (N-methyl/N-ethyl adjacent to an activating group) is 1. The number of aliphatic hydroxyl groups is 1. The largest absolute Gasteiger partial charge is 0.395 e. The van der Waals surface area contributed by atoms with Crippen LogP contribution in [0.15, 0.2) is 0 Å². The quantitative estimate of drug-likeness (QED) is 0.588. The summed E-state index contributed by atoms with van der Waals surface area (Å²) in [6.45, 7) is -3.89. The molecule has 10 heavy (non-hydrogen) atoms. The van der Waals surface area contributed by atoms with Crippen molar-refractivity contribution >= 4 is 0 Å². The average Bonchev–Trinajstić information content (AvgIpc) is 2.24. The molecule has 1 heterocycles. The van der Waals surface area contributed by atoms with E-state index in [2.05, 4.69) is 0 Å². The minimum Gasteiger partial charge on any atom is -0.395 e. The highest BCUT2D eigenvalue weighted by Gasteiger charge is 2.42. The molecule has 0 amide bonds. The lowest BCUT2D eigenvalue weighted by Gasteiger charge is -2.14. The van der Waals surface area contributed by atoms with E-state index in [9.17, 15) is 8.78 Å². The molecule has 60 valence electrons. The van der Waals surface area contributed by atoms with Crippen molar-refractivity contribution in [2.45, 2.75) is 18.4 Å². The lowest BCUT2D eigenvalue weighted by Crippen LogP contribution is -2.28. The fraction of sp³-hybridized carbons (Fsp3) is 1.00. The lowest BCUT2D eigenvalue weighted by molar-refractivity contribution is 0.0136. The standard InChI is InChI=1S/C6H11F2NO/c1-9-4-6(7,8)2-5(9)3-10/h5,10H,2-4H2,1H3/t5-/m0/s1/i1D3. The van der Waals surface area contributed by atoms with Gasteiger partial charge in [0, 0.05) is 16.6 Å². The smallest absolute Gasteiger partial charge is 0.262 e. The average molecular weight is 154 g/mol. The van der Waals surface area contributed by atoms with Crippen molar-refractivity contribution in [3.8, 4) is 0 Å². The van der Waals surface area contributed by atoms with Gasteiger partial charge in [-0.1, -0.05) is 0 Å². The Morgan fingerprint density at radius 2 is 2.60 bits per heavy atom. The van der Waals surface area contributed by atoms with Gasteiger partial charge in [0.2, 0.25) is 0 Å². The summed E-state index contributed by atoms with van der Waals surface area (Å²) in [4.78, 5) is 0.674. The van der Waals surface area contributed by atoms with Crippen LogP contribution in [-0.2, 0) is 0 Å². The number of likely N-dealkylation sites (tertiary alicyclic amines) is 1. The second-order valence-corrected chi connectivity index (χ2v) is 2.52. The van der Waals surface area contributed by atoms with Crippen molar-refractivity contribution in [3.05, 3.63) is 0 Å². The zero-order valence-corrected chi connectivity index (χ0v) is 5.35. The maximum absolute atomic E-state index is 12.8. The van der Waals surface area contributed by atoms with E-state index < -0.39 is 38.5 Å². The molecule has 1 fully saturated rings. The molecule has 0 saturated carbocycles. The van der Waals surface area contributed by atoms with Gasteiger partial charge in [-0.05, 0) is 6.98 Å². The second kappa shape index (κ2) is 2.43. The molecule has 1 aliphatic rings. The highest BCUT2D eigenvalue weighted by Crippen LogP contribution is 2.30. The third kappa shape index (κ3) is 1.44. The van der Waals surface area contributed by atoms with Crippen LogP contribution in [-0.4, -0.2) is 42.1 Å². The van der Waals surface area contributed by atoms with Gasteiger partial charge in [0.15, 0.2) is 0 Å². The van der Waals surface area contributed by atoms with Gasteiger partial charge in [-0.25, -0.2) is 8.78 Å². The van der Waals surface area contributed by atoms with Gasteiger partial charge in [-0.3, -0.25) is 4.90 Å². The molecule has 0 aliphatic carbocycles. The monoisotopic (exact) mass is 154 g/mol. The fourth-order valence-corrected chi connectivity index (χ4v) is 1.06. The zero-order chi connectivity index (χ0) is 10.3. The van der Waals surface area contributed by atoms with E-state index in [4.69, 9.17) is 9.22 Å². The summed E-state index contributed by atoms with van der Waals surface area (Å²) in [5.41, 5.74) is 0. The lowest BCUT2D eigenvalue weighted by atomic mass is 10.2. The fourth-order valence-electron chi connectivity index (χ4n) is 1.06. The summed E-state index contributed by atoms with van der Waals surface area (Å²) in [5.74, 6) is -3.00. The first-order valence-electron chi connectivity index (χ1n) is 4.52. The number of halogens is 2. The maximum Gasteiger partial charge on any atom is 0.262 e. The van der Waals surface area contributed by atoms with E-state index in [-0.39, 0.29) is 0 Å². The van der Waals surface area contributed by atoms with Crippen molar-refractivity contribution < 1.29 is 18.0 Å². The molecule has 1 atom stereocenters. The highest BCUT2D eigenvalue weighted by atomic mass is 19.3. The Morgan fingerprint density at radius 3 is 3.00 bits per heavy atom. The van der Waals surface area contributed by atoms with Gasteiger partial charge in [-0.15, -0.1) is 0 Å². The van der Waals surface area contributed by atoms with Gasteiger partial charge in [-0.2, -0.15) is 0 Å². The minimum absolute atomic E-state index is 0.548. The Morgan fingerprint density at radius 1 is 1.90 bits per heavy atom. The minimum atomic E-state index is -3.00. The molecule has 2 nitrogen and oxygen atoms in total. The Kier molecular flexibility index (Phi) is 1.12. The third-order valence-corrected chi connectivity index (χ3v) is 1.59. The molecule has 4 heteroatoms. The summed E-state index contributed by atoms with van der Waals surface area (Å²) in [7, 11) is 0. The van der Waals surface area contributed by atoms with Crippen LogP contribution in [0.25, 0.3) is 0 Å². The summed E-state index contributed by atoms with van der Waals surface area (Å²) in [6.07, 6.45) is -0.581. The molecule has 0 bridgehead atoms. The van der Waals surface area contributed by atoms with E-state index >= 15 is 0 Å². The molecular weight excluding hydrogens is 140 g/mol. The van der Waals surface area contributed by atoms with Gasteiger partial charge in [0.1, 0.15) is 0 Å². The van der Waals surface area contributed by atoms with Crippen molar-refractivity contribution in [3.63, 3.8) is 0 Å². The van der Waals surface area contributed by atoms with Crippen LogP contribution in [0.3, 0.4) is 0 Å².